The van der Waals surface area contributed by atoms with Crippen LogP contribution in [0.2, 0.25) is 0 Å². The zero-order valence-electron chi connectivity index (χ0n) is 14.5. The van der Waals surface area contributed by atoms with Crippen LogP contribution >= 0.6 is 0 Å². The average Bonchev–Trinajstić information content (AvgIpc) is 3.07. The number of cyclic esters (lactones) is 1. The molecule has 132 valence electrons. The number of aliphatic hydroxyl groups excluding tert-OH is 1. The summed E-state index contributed by atoms with van der Waals surface area (Å²) < 4.78 is 5.04. The number of ether oxygens (including phenoxy) is 1. The minimum atomic E-state index is -0.734. The number of carbonyl (C=O) groups excluding carboxylic acids is 1. The molecule has 0 bridgehead atoms. The molecule has 0 saturated carbocycles. The first kappa shape index (κ1) is 17.6. The number of aliphatic hydroxyl groups is 1. The quantitative estimate of drug-likeness (QED) is 0.788. The highest BCUT2D eigenvalue weighted by Crippen LogP contribution is 2.25. The highest BCUT2D eigenvalue weighted by Gasteiger charge is 2.37. The standard InChI is InChI=1S/C21H25NO3/c1-16(20(23)19-12-13-25-21(19)24)22(14-17-8-4-2-5-9-17)15-18-10-6-3-7-11-18/h2-11,16,19-20,23H,12-15H2,1H3/t16-,19-,20-/m0/s1. The minimum absolute atomic E-state index is 0.156. The first-order valence-corrected chi connectivity index (χ1v) is 8.82. The molecule has 0 aliphatic carbocycles. The maximum absolute atomic E-state index is 11.9. The summed E-state index contributed by atoms with van der Waals surface area (Å²) in [6.45, 7) is 3.83. The molecule has 1 heterocycles. The Morgan fingerprint density at radius 1 is 1.04 bits per heavy atom. The summed E-state index contributed by atoms with van der Waals surface area (Å²) in [6, 6.07) is 20.3. The number of esters is 1. The number of nitrogens with zero attached hydrogens (tertiary/aromatic N) is 1. The topological polar surface area (TPSA) is 49.8 Å². The molecule has 1 fully saturated rings. The zero-order valence-corrected chi connectivity index (χ0v) is 14.5. The molecular weight excluding hydrogens is 314 g/mol. The van der Waals surface area contributed by atoms with Crippen molar-refractivity contribution in [3.8, 4) is 0 Å². The van der Waals surface area contributed by atoms with E-state index in [0.29, 0.717) is 13.0 Å². The largest absolute Gasteiger partial charge is 0.465 e. The molecule has 1 aliphatic rings. The molecular formula is C21H25NO3. The molecule has 0 spiro atoms. The maximum Gasteiger partial charge on any atom is 0.311 e. The SMILES string of the molecule is C[C@@H]([C@H](O)[C@@H]1CCOC1=O)N(Cc1ccccc1)Cc1ccccc1. The summed E-state index contributed by atoms with van der Waals surface area (Å²) in [7, 11) is 0. The molecule has 2 aromatic carbocycles. The second kappa shape index (κ2) is 8.28. The van der Waals surface area contributed by atoms with Gasteiger partial charge in [0.15, 0.2) is 0 Å². The molecule has 2 aromatic rings. The van der Waals surface area contributed by atoms with Crippen LogP contribution in [0.4, 0.5) is 0 Å². The Kier molecular flexibility index (Phi) is 5.84. The lowest BCUT2D eigenvalue weighted by atomic mass is 9.94. The highest BCUT2D eigenvalue weighted by molar-refractivity contribution is 5.74. The van der Waals surface area contributed by atoms with Gasteiger partial charge in [-0.2, -0.15) is 0 Å². The van der Waals surface area contributed by atoms with Crippen LogP contribution in [0.1, 0.15) is 24.5 Å². The van der Waals surface area contributed by atoms with E-state index in [-0.39, 0.29) is 12.0 Å². The fourth-order valence-electron chi connectivity index (χ4n) is 3.35. The van der Waals surface area contributed by atoms with Crippen LogP contribution in [0.25, 0.3) is 0 Å². The molecule has 0 unspecified atom stereocenters. The molecule has 0 aromatic heterocycles. The van der Waals surface area contributed by atoms with Gasteiger partial charge in [-0.3, -0.25) is 9.69 Å². The monoisotopic (exact) mass is 339 g/mol. The molecule has 3 rings (SSSR count). The second-order valence-corrected chi connectivity index (χ2v) is 6.67. The van der Waals surface area contributed by atoms with Gasteiger partial charge in [-0.1, -0.05) is 60.7 Å². The van der Waals surface area contributed by atoms with Crippen molar-refractivity contribution in [2.24, 2.45) is 5.92 Å². The Hall–Kier alpha value is -2.17. The van der Waals surface area contributed by atoms with E-state index in [1.807, 2.05) is 43.3 Å². The van der Waals surface area contributed by atoms with Gasteiger partial charge in [0.1, 0.15) is 0 Å². The van der Waals surface area contributed by atoms with Crippen molar-refractivity contribution in [2.75, 3.05) is 6.61 Å². The molecule has 1 aliphatic heterocycles. The van der Waals surface area contributed by atoms with Crippen LogP contribution in [0.5, 0.6) is 0 Å². The maximum atomic E-state index is 11.9. The fraction of sp³-hybridized carbons (Fsp3) is 0.381. The Balaban J connectivity index is 1.77. The van der Waals surface area contributed by atoms with Gasteiger partial charge in [0.05, 0.1) is 18.6 Å². The molecule has 3 atom stereocenters. The van der Waals surface area contributed by atoms with Crippen LogP contribution in [0.3, 0.4) is 0 Å². The van der Waals surface area contributed by atoms with Gasteiger partial charge in [0.25, 0.3) is 0 Å². The Labute approximate surface area is 149 Å². The Morgan fingerprint density at radius 3 is 2.00 bits per heavy atom. The van der Waals surface area contributed by atoms with Gasteiger partial charge < -0.3 is 9.84 Å². The van der Waals surface area contributed by atoms with Crippen LogP contribution < -0.4 is 0 Å². The normalized spacial score (nSPS) is 19.6. The summed E-state index contributed by atoms with van der Waals surface area (Å²) in [6.07, 6.45) is -0.142. The van der Waals surface area contributed by atoms with Crippen LogP contribution in [-0.2, 0) is 22.6 Å². The van der Waals surface area contributed by atoms with E-state index in [1.54, 1.807) is 0 Å². The second-order valence-electron chi connectivity index (χ2n) is 6.67. The van der Waals surface area contributed by atoms with E-state index in [9.17, 15) is 9.90 Å². The smallest absolute Gasteiger partial charge is 0.311 e. The molecule has 4 heteroatoms. The zero-order chi connectivity index (χ0) is 17.6. The average molecular weight is 339 g/mol. The summed E-state index contributed by atoms with van der Waals surface area (Å²) in [4.78, 5) is 14.1. The third-order valence-electron chi connectivity index (χ3n) is 4.92. The van der Waals surface area contributed by atoms with Crippen molar-refractivity contribution in [1.82, 2.24) is 4.90 Å². The van der Waals surface area contributed by atoms with Crippen LogP contribution in [0, 0.1) is 5.92 Å². The van der Waals surface area contributed by atoms with Crippen molar-refractivity contribution in [2.45, 2.75) is 38.6 Å². The number of hydrogen-bond donors (Lipinski definition) is 1. The molecule has 1 saturated heterocycles. The summed E-state index contributed by atoms with van der Waals surface area (Å²) in [5.41, 5.74) is 2.37. The van der Waals surface area contributed by atoms with Crippen molar-refractivity contribution >= 4 is 5.97 Å². The Bertz CT molecular complexity index is 633. The van der Waals surface area contributed by atoms with E-state index >= 15 is 0 Å². The summed E-state index contributed by atoms with van der Waals surface area (Å²) in [5, 5.41) is 10.8. The first-order valence-electron chi connectivity index (χ1n) is 8.82. The van der Waals surface area contributed by atoms with E-state index in [0.717, 1.165) is 13.1 Å². The number of benzene rings is 2. The van der Waals surface area contributed by atoms with Gasteiger partial charge in [0.2, 0.25) is 0 Å². The lowest BCUT2D eigenvalue weighted by molar-refractivity contribution is -0.145. The van der Waals surface area contributed by atoms with Crippen molar-refractivity contribution in [1.29, 1.82) is 0 Å². The predicted molar refractivity (Wildman–Crippen MR) is 96.7 cm³/mol. The number of hydrogen-bond acceptors (Lipinski definition) is 4. The summed E-state index contributed by atoms with van der Waals surface area (Å²) in [5.74, 6) is -0.706. The summed E-state index contributed by atoms with van der Waals surface area (Å²) >= 11 is 0. The van der Waals surface area contributed by atoms with Gasteiger partial charge in [-0.25, -0.2) is 0 Å². The molecule has 25 heavy (non-hydrogen) atoms. The van der Waals surface area contributed by atoms with E-state index in [4.69, 9.17) is 4.74 Å². The Morgan fingerprint density at radius 2 is 1.56 bits per heavy atom. The van der Waals surface area contributed by atoms with Crippen LogP contribution in [0.15, 0.2) is 60.7 Å². The third-order valence-corrected chi connectivity index (χ3v) is 4.92. The van der Waals surface area contributed by atoms with Gasteiger partial charge in [-0.05, 0) is 24.5 Å². The van der Waals surface area contributed by atoms with Crippen molar-refractivity contribution in [3.63, 3.8) is 0 Å². The van der Waals surface area contributed by atoms with Crippen molar-refractivity contribution in [3.05, 3.63) is 71.8 Å². The minimum Gasteiger partial charge on any atom is -0.465 e. The number of rotatable bonds is 7. The molecule has 0 radical (unpaired) electrons. The molecule has 1 N–H and O–H groups in total. The van der Waals surface area contributed by atoms with Crippen molar-refractivity contribution < 1.29 is 14.6 Å². The molecule has 0 amide bonds. The lowest BCUT2D eigenvalue weighted by Gasteiger charge is -2.34. The van der Waals surface area contributed by atoms with Crippen LogP contribution in [-0.4, -0.2) is 34.7 Å². The molecule has 4 nitrogen and oxygen atoms in total. The lowest BCUT2D eigenvalue weighted by Crippen LogP contribution is -2.45. The number of carbonyl (C=O) groups is 1. The van der Waals surface area contributed by atoms with Gasteiger partial charge >= 0.3 is 5.97 Å². The highest BCUT2D eigenvalue weighted by atomic mass is 16.5. The predicted octanol–water partition coefficient (Wildman–Crippen LogP) is 3.00. The first-order chi connectivity index (χ1) is 12.1. The van der Waals surface area contributed by atoms with E-state index in [2.05, 4.69) is 29.2 Å². The van der Waals surface area contributed by atoms with Gasteiger partial charge in [-0.15, -0.1) is 0 Å². The van der Waals surface area contributed by atoms with E-state index in [1.165, 1.54) is 11.1 Å². The fourth-order valence-corrected chi connectivity index (χ4v) is 3.35. The van der Waals surface area contributed by atoms with E-state index < -0.39 is 12.0 Å². The van der Waals surface area contributed by atoms with Gasteiger partial charge in [0, 0.05) is 19.1 Å². The third kappa shape index (κ3) is 4.47.